The van der Waals surface area contributed by atoms with Crippen LogP contribution >= 0.6 is 0 Å². The summed E-state index contributed by atoms with van der Waals surface area (Å²) in [6.07, 6.45) is 2.59. The SMILES string of the molecule is Cn1c(NC(=O)CCn2cc([N+](=O)[O-])cn2)nc2ccccc21. The van der Waals surface area contributed by atoms with Crippen LogP contribution < -0.4 is 5.32 Å². The van der Waals surface area contributed by atoms with Gasteiger partial charge in [0.1, 0.15) is 12.4 Å². The van der Waals surface area contributed by atoms with Crippen molar-refractivity contribution >= 4 is 28.6 Å². The van der Waals surface area contributed by atoms with E-state index >= 15 is 0 Å². The van der Waals surface area contributed by atoms with Gasteiger partial charge in [-0.3, -0.25) is 24.9 Å². The van der Waals surface area contributed by atoms with Crippen molar-refractivity contribution in [2.24, 2.45) is 7.05 Å². The quantitative estimate of drug-likeness (QED) is 0.569. The number of nitrogens with zero attached hydrogens (tertiary/aromatic N) is 5. The second-order valence-corrected chi connectivity index (χ2v) is 5.00. The van der Waals surface area contributed by atoms with E-state index in [1.807, 2.05) is 31.3 Å². The van der Waals surface area contributed by atoms with Crippen molar-refractivity contribution in [2.45, 2.75) is 13.0 Å². The molecule has 0 fully saturated rings. The Hall–Kier alpha value is -3.23. The lowest BCUT2D eigenvalue weighted by Crippen LogP contribution is -2.17. The number of anilines is 1. The van der Waals surface area contributed by atoms with Crippen molar-refractivity contribution in [1.29, 1.82) is 0 Å². The van der Waals surface area contributed by atoms with Crippen LogP contribution in [0.5, 0.6) is 0 Å². The van der Waals surface area contributed by atoms with Gasteiger partial charge in [0.05, 0.1) is 16.0 Å². The van der Waals surface area contributed by atoms with E-state index in [0.717, 1.165) is 17.2 Å². The molecule has 1 amide bonds. The Labute approximate surface area is 130 Å². The number of benzene rings is 1. The average Bonchev–Trinajstić information content (AvgIpc) is 3.12. The molecule has 118 valence electrons. The zero-order valence-electron chi connectivity index (χ0n) is 12.3. The van der Waals surface area contributed by atoms with E-state index in [1.54, 1.807) is 4.57 Å². The monoisotopic (exact) mass is 314 g/mol. The van der Waals surface area contributed by atoms with Crippen LogP contribution in [0.4, 0.5) is 11.6 Å². The molecule has 0 radical (unpaired) electrons. The van der Waals surface area contributed by atoms with Gasteiger partial charge in [0.2, 0.25) is 11.9 Å². The summed E-state index contributed by atoms with van der Waals surface area (Å²) in [5, 5.41) is 17.2. The van der Waals surface area contributed by atoms with E-state index in [-0.39, 0.29) is 24.6 Å². The molecule has 0 aliphatic heterocycles. The summed E-state index contributed by atoms with van der Waals surface area (Å²) in [4.78, 5) is 26.4. The molecule has 3 aromatic rings. The first-order valence-electron chi connectivity index (χ1n) is 6.93. The van der Waals surface area contributed by atoms with Gasteiger partial charge in [-0.15, -0.1) is 0 Å². The molecule has 0 atom stereocenters. The Bertz CT molecular complexity index is 882. The van der Waals surface area contributed by atoms with Crippen LogP contribution in [0.3, 0.4) is 0 Å². The molecule has 0 aliphatic carbocycles. The molecule has 0 unspecified atom stereocenters. The number of fused-ring (bicyclic) bond motifs is 1. The van der Waals surface area contributed by atoms with E-state index in [0.29, 0.717) is 5.95 Å². The second kappa shape index (κ2) is 5.87. The third-order valence-corrected chi connectivity index (χ3v) is 3.44. The van der Waals surface area contributed by atoms with Crippen molar-refractivity contribution in [3.8, 4) is 0 Å². The highest BCUT2D eigenvalue weighted by atomic mass is 16.6. The number of nitrogens with one attached hydrogen (secondary N) is 1. The topological polar surface area (TPSA) is 108 Å². The predicted molar refractivity (Wildman–Crippen MR) is 82.8 cm³/mol. The van der Waals surface area contributed by atoms with E-state index < -0.39 is 4.92 Å². The number of hydrogen-bond acceptors (Lipinski definition) is 5. The number of hydrogen-bond donors (Lipinski definition) is 1. The molecule has 1 N–H and O–H groups in total. The van der Waals surface area contributed by atoms with Gasteiger partial charge in [-0.25, -0.2) is 4.98 Å². The largest absolute Gasteiger partial charge is 0.313 e. The normalized spacial score (nSPS) is 10.8. The molecule has 0 aliphatic rings. The first kappa shape index (κ1) is 14.7. The van der Waals surface area contributed by atoms with Crippen molar-refractivity contribution in [3.05, 3.63) is 46.8 Å². The smallest absolute Gasteiger partial charge is 0.306 e. The van der Waals surface area contributed by atoms with E-state index in [2.05, 4.69) is 15.4 Å². The van der Waals surface area contributed by atoms with Crippen molar-refractivity contribution in [1.82, 2.24) is 19.3 Å². The fraction of sp³-hybridized carbons (Fsp3) is 0.214. The zero-order chi connectivity index (χ0) is 16.4. The highest BCUT2D eigenvalue weighted by Gasteiger charge is 2.12. The Morgan fingerprint density at radius 3 is 2.87 bits per heavy atom. The molecule has 0 saturated carbocycles. The number of nitro groups is 1. The van der Waals surface area contributed by atoms with Gasteiger partial charge in [-0.1, -0.05) is 12.1 Å². The maximum absolute atomic E-state index is 12.0. The van der Waals surface area contributed by atoms with Crippen LogP contribution in [0.2, 0.25) is 0 Å². The number of carbonyl (C=O) groups is 1. The zero-order valence-corrected chi connectivity index (χ0v) is 12.3. The summed E-state index contributed by atoms with van der Waals surface area (Å²) >= 11 is 0. The minimum Gasteiger partial charge on any atom is -0.313 e. The highest BCUT2D eigenvalue weighted by Crippen LogP contribution is 2.17. The number of aromatic nitrogens is 4. The molecule has 9 heteroatoms. The number of amides is 1. The Balaban J connectivity index is 1.64. The molecule has 3 rings (SSSR count). The maximum atomic E-state index is 12.0. The lowest BCUT2D eigenvalue weighted by molar-refractivity contribution is -0.385. The van der Waals surface area contributed by atoms with Gasteiger partial charge in [0, 0.05) is 20.0 Å². The summed E-state index contributed by atoms with van der Waals surface area (Å²) in [7, 11) is 1.82. The molecule has 1 aromatic carbocycles. The first-order valence-corrected chi connectivity index (χ1v) is 6.93. The molecule has 0 spiro atoms. The Morgan fingerprint density at radius 2 is 2.17 bits per heavy atom. The van der Waals surface area contributed by atoms with Gasteiger partial charge in [0.25, 0.3) is 0 Å². The summed E-state index contributed by atoms with van der Waals surface area (Å²) in [5.74, 6) is 0.226. The van der Waals surface area contributed by atoms with E-state index in [1.165, 1.54) is 10.9 Å². The number of para-hydroxylation sites is 2. The van der Waals surface area contributed by atoms with Gasteiger partial charge in [0.15, 0.2) is 0 Å². The molecule has 23 heavy (non-hydrogen) atoms. The van der Waals surface area contributed by atoms with Crippen LogP contribution in [-0.4, -0.2) is 30.2 Å². The number of aryl methyl sites for hydroxylation is 2. The average molecular weight is 314 g/mol. The number of rotatable bonds is 5. The molecule has 9 nitrogen and oxygen atoms in total. The molecular formula is C14H14N6O3. The molecule has 2 aromatic heterocycles. The summed E-state index contributed by atoms with van der Waals surface area (Å²) in [5.41, 5.74) is 1.62. The van der Waals surface area contributed by atoms with Gasteiger partial charge in [-0.05, 0) is 12.1 Å². The lowest BCUT2D eigenvalue weighted by Gasteiger charge is -2.05. The van der Waals surface area contributed by atoms with Crippen LogP contribution in [0.15, 0.2) is 36.7 Å². The lowest BCUT2D eigenvalue weighted by atomic mass is 10.3. The highest BCUT2D eigenvalue weighted by molar-refractivity contribution is 5.91. The van der Waals surface area contributed by atoms with Crippen LogP contribution in [0.25, 0.3) is 11.0 Å². The van der Waals surface area contributed by atoms with E-state index in [9.17, 15) is 14.9 Å². The Morgan fingerprint density at radius 1 is 1.39 bits per heavy atom. The van der Waals surface area contributed by atoms with Crippen LogP contribution in [-0.2, 0) is 18.4 Å². The van der Waals surface area contributed by atoms with Crippen molar-refractivity contribution in [2.75, 3.05) is 5.32 Å². The molecular weight excluding hydrogens is 300 g/mol. The second-order valence-electron chi connectivity index (χ2n) is 5.00. The minimum absolute atomic E-state index is 0.0965. The van der Waals surface area contributed by atoms with E-state index in [4.69, 9.17) is 0 Å². The third-order valence-electron chi connectivity index (χ3n) is 3.44. The fourth-order valence-corrected chi connectivity index (χ4v) is 2.23. The molecule has 0 bridgehead atoms. The van der Waals surface area contributed by atoms with Crippen LogP contribution in [0.1, 0.15) is 6.42 Å². The van der Waals surface area contributed by atoms with Crippen molar-refractivity contribution in [3.63, 3.8) is 0 Å². The van der Waals surface area contributed by atoms with Crippen molar-refractivity contribution < 1.29 is 9.72 Å². The number of imidazole rings is 1. The summed E-state index contributed by atoms with van der Waals surface area (Å²) < 4.78 is 3.17. The summed E-state index contributed by atoms with van der Waals surface area (Å²) in [6.45, 7) is 0.254. The number of carbonyl (C=O) groups excluding carboxylic acids is 1. The van der Waals surface area contributed by atoms with Gasteiger partial charge < -0.3 is 4.57 Å². The fourth-order valence-electron chi connectivity index (χ4n) is 2.23. The third kappa shape index (κ3) is 3.03. The standard InChI is InChI=1S/C14H14N6O3/c1-18-12-5-3-2-4-11(12)16-14(18)17-13(21)6-7-19-9-10(8-15-19)20(22)23/h2-5,8-9H,6-7H2,1H3,(H,16,17,21). The maximum Gasteiger partial charge on any atom is 0.306 e. The van der Waals surface area contributed by atoms with Gasteiger partial charge in [-0.2, -0.15) is 5.10 Å². The molecule has 0 saturated heterocycles. The summed E-state index contributed by atoms with van der Waals surface area (Å²) in [6, 6.07) is 7.57. The van der Waals surface area contributed by atoms with Crippen LogP contribution in [0, 0.1) is 10.1 Å². The first-order chi connectivity index (χ1) is 11.0. The molecule has 2 heterocycles. The Kier molecular flexibility index (Phi) is 3.75. The minimum atomic E-state index is -0.525. The predicted octanol–water partition coefficient (Wildman–Crippen LogP) is 1.71. The van der Waals surface area contributed by atoms with Gasteiger partial charge >= 0.3 is 5.69 Å².